The Hall–Kier alpha value is -0.870. The first-order valence-electron chi connectivity index (χ1n) is 6.53. The van der Waals surface area contributed by atoms with Crippen molar-refractivity contribution >= 4 is 27.5 Å². The Morgan fingerprint density at radius 2 is 2.11 bits per heavy atom. The molecule has 0 bridgehead atoms. The lowest BCUT2D eigenvalue weighted by Crippen LogP contribution is -2.29. The lowest BCUT2D eigenvalue weighted by atomic mass is 10.2. The monoisotopic (exact) mass is 310 g/mol. The normalized spacial score (nSPS) is 15.8. The largest absolute Gasteiger partial charge is 0.326 e. The van der Waals surface area contributed by atoms with Crippen LogP contribution in [0.15, 0.2) is 28.7 Å². The second-order valence-corrected chi connectivity index (χ2v) is 5.66. The molecule has 2 rings (SSSR count). The summed E-state index contributed by atoms with van der Waals surface area (Å²) < 4.78 is 0.976. The van der Waals surface area contributed by atoms with E-state index in [9.17, 15) is 4.79 Å². The Balaban J connectivity index is 1.68. The van der Waals surface area contributed by atoms with Gasteiger partial charge in [0.2, 0.25) is 5.91 Å². The summed E-state index contributed by atoms with van der Waals surface area (Å²) in [4.78, 5) is 11.7. The Morgan fingerprint density at radius 3 is 2.83 bits per heavy atom. The number of anilines is 1. The smallest absolute Gasteiger partial charge is 0.225 e. The first kappa shape index (κ1) is 13.6. The van der Waals surface area contributed by atoms with Gasteiger partial charge >= 0.3 is 0 Å². The molecule has 1 aliphatic rings. The predicted octanol–water partition coefficient (Wildman–Crippen LogP) is 3.31. The molecular formula is C14H19BrN2O. The zero-order chi connectivity index (χ0) is 12.8. The van der Waals surface area contributed by atoms with Gasteiger partial charge in [0.1, 0.15) is 0 Å². The molecule has 0 spiro atoms. The van der Waals surface area contributed by atoms with Crippen LogP contribution < -0.4 is 10.6 Å². The maximum atomic E-state index is 11.7. The molecule has 1 fully saturated rings. The highest BCUT2D eigenvalue weighted by atomic mass is 79.9. The fraction of sp³-hybridized carbons (Fsp3) is 0.500. The molecule has 1 aromatic rings. The maximum Gasteiger partial charge on any atom is 0.225 e. The summed E-state index contributed by atoms with van der Waals surface area (Å²) in [6.45, 7) is 0.768. The number of hydrogen-bond acceptors (Lipinski definition) is 2. The molecule has 1 aromatic carbocycles. The number of carbonyl (C=O) groups excluding carboxylic acids is 1. The van der Waals surface area contributed by atoms with E-state index in [0.717, 1.165) is 16.7 Å². The number of halogens is 1. The summed E-state index contributed by atoms with van der Waals surface area (Å²) in [6, 6.07) is 8.28. The van der Waals surface area contributed by atoms with E-state index in [-0.39, 0.29) is 5.91 Å². The topological polar surface area (TPSA) is 41.1 Å². The molecule has 0 unspecified atom stereocenters. The second kappa shape index (κ2) is 6.90. The first-order chi connectivity index (χ1) is 8.74. The Kier molecular flexibility index (Phi) is 5.20. The predicted molar refractivity (Wildman–Crippen MR) is 77.6 cm³/mol. The van der Waals surface area contributed by atoms with Crippen molar-refractivity contribution in [2.24, 2.45) is 0 Å². The van der Waals surface area contributed by atoms with Crippen molar-refractivity contribution in [3.8, 4) is 0 Å². The van der Waals surface area contributed by atoms with Crippen LogP contribution in [0.2, 0.25) is 0 Å². The maximum absolute atomic E-state index is 11.7. The van der Waals surface area contributed by atoms with Gasteiger partial charge in [-0.2, -0.15) is 0 Å². The van der Waals surface area contributed by atoms with Crippen molar-refractivity contribution in [3.05, 3.63) is 28.7 Å². The summed E-state index contributed by atoms with van der Waals surface area (Å²) in [5.41, 5.74) is 0.843. The van der Waals surface area contributed by atoms with Crippen LogP contribution >= 0.6 is 15.9 Å². The number of nitrogens with one attached hydrogen (secondary N) is 2. The number of carbonyl (C=O) groups is 1. The third-order valence-electron chi connectivity index (χ3n) is 3.25. The van der Waals surface area contributed by atoms with Crippen LogP contribution in [-0.2, 0) is 4.79 Å². The van der Waals surface area contributed by atoms with Gasteiger partial charge < -0.3 is 10.6 Å². The molecule has 18 heavy (non-hydrogen) atoms. The fourth-order valence-electron chi connectivity index (χ4n) is 2.31. The minimum Gasteiger partial charge on any atom is -0.326 e. The average Bonchev–Trinajstić information content (AvgIpc) is 2.82. The lowest BCUT2D eigenvalue weighted by molar-refractivity contribution is -0.116. The number of hydrogen-bond donors (Lipinski definition) is 2. The average molecular weight is 311 g/mol. The van der Waals surface area contributed by atoms with Crippen molar-refractivity contribution in [2.45, 2.75) is 38.1 Å². The van der Waals surface area contributed by atoms with Gasteiger partial charge in [-0.3, -0.25) is 4.79 Å². The highest BCUT2D eigenvalue weighted by Gasteiger charge is 2.14. The molecule has 98 valence electrons. The quantitative estimate of drug-likeness (QED) is 0.876. The van der Waals surface area contributed by atoms with Crippen LogP contribution in [0.1, 0.15) is 32.1 Å². The molecule has 1 aliphatic carbocycles. The van der Waals surface area contributed by atoms with Crippen LogP contribution in [0.25, 0.3) is 0 Å². The van der Waals surface area contributed by atoms with E-state index >= 15 is 0 Å². The third-order valence-corrected chi connectivity index (χ3v) is 3.74. The lowest BCUT2D eigenvalue weighted by Gasteiger charge is -2.11. The van der Waals surface area contributed by atoms with Crippen LogP contribution in [0, 0.1) is 0 Å². The van der Waals surface area contributed by atoms with Crippen molar-refractivity contribution in [2.75, 3.05) is 11.9 Å². The van der Waals surface area contributed by atoms with Gasteiger partial charge in [0, 0.05) is 29.2 Å². The third kappa shape index (κ3) is 4.42. The van der Waals surface area contributed by atoms with Crippen LogP contribution in [0.5, 0.6) is 0 Å². The van der Waals surface area contributed by atoms with Gasteiger partial charge in [-0.15, -0.1) is 0 Å². The summed E-state index contributed by atoms with van der Waals surface area (Å²) >= 11 is 3.39. The van der Waals surface area contributed by atoms with E-state index in [4.69, 9.17) is 0 Å². The second-order valence-electron chi connectivity index (χ2n) is 4.74. The van der Waals surface area contributed by atoms with Crippen LogP contribution in [0.4, 0.5) is 5.69 Å². The summed E-state index contributed by atoms with van der Waals surface area (Å²) in [5, 5.41) is 6.34. The minimum atomic E-state index is 0.0681. The summed E-state index contributed by atoms with van der Waals surface area (Å²) in [7, 11) is 0. The zero-order valence-electron chi connectivity index (χ0n) is 10.4. The highest BCUT2D eigenvalue weighted by molar-refractivity contribution is 9.10. The zero-order valence-corrected chi connectivity index (χ0v) is 12.0. The Morgan fingerprint density at radius 1 is 1.33 bits per heavy atom. The molecule has 0 radical (unpaired) electrons. The number of amides is 1. The van der Waals surface area contributed by atoms with Crippen LogP contribution in [0.3, 0.4) is 0 Å². The molecular weight excluding hydrogens is 292 g/mol. The van der Waals surface area contributed by atoms with Crippen molar-refractivity contribution in [3.63, 3.8) is 0 Å². The molecule has 1 amide bonds. The van der Waals surface area contributed by atoms with Gasteiger partial charge in [0.25, 0.3) is 0 Å². The number of rotatable bonds is 5. The molecule has 1 saturated carbocycles. The summed E-state index contributed by atoms with van der Waals surface area (Å²) in [5.74, 6) is 0.0681. The van der Waals surface area contributed by atoms with Gasteiger partial charge in [-0.05, 0) is 31.0 Å². The van der Waals surface area contributed by atoms with Gasteiger partial charge in [0.05, 0.1) is 0 Å². The van der Waals surface area contributed by atoms with E-state index in [1.54, 1.807) is 0 Å². The Bertz CT molecular complexity index is 403. The van der Waals surface area contributed by atoms with Crippen molar-refractivity contribution in [1.82, 2.24) is 5.32 Å². The van der Waals surface area contributed by atoms with Crippen molar-refractivity contribution in [1.29, 1.82) is 0 Å². The SMILES string of the molecule is O=C(CCNC1CCCC1)Nc1cccc(Br)c1. The van der Waals surface area contributed by atoms with E-state index in [0.29, 0.717) is 12.5 Å². The molecule has 0 aromatic heterocycles. The van der Waals surface area contributed by atoms with Crippen LogP contribution in [-0.4, -0.2) is 18.5 Å². The van der Waals surface area contributed by atoms with E-state index in [1.165, 1.54) is 25.7 Å². The molecule has 4 heteroatoms. The first-order valence-corrected chi connectivity index (χ1v) is 7.32. The summed E-state index contributed by atoms with van der Waals surface area (Å²) in [6.07, 6.45) is 5.69. The molecule has 0 atom stereocenters. The van der Waals surface area contributed by atoms with E-state index < -0.39 is 0 Å². The Labute approximate surface area is 116 Å². The molecule has 0 heterocycles. The molecule has 0 saturated heterocycles. The van der Waals surface area contributed by atoms with Gasteiger partial charge in [0.15, 0.2) is 0 Å². The minimum absolute atomic E-state index is 0.0681. The van der Waals surface area contributed by atoms with E-state index in [1.807, 2.05) is 24.3 Å². The van der Waals surface area contributed by atoms with Gasteiger partial charge in [-0.1, -0.05) is 34.8 Å². The highest BCUT2D eigenvalue weighted by Crippen LogP contribution is 2.18. The standard InChI is InChI=1S/C14H19BrN2O/c15-11-4-3-7-13(10-11)17-14(18)8-9-16-12-5-1-2-6-12/h3-4,7,10,12,16H,1-2,5-6,8-9H2,(H,17,18). The van der Waals surface area contributed by atoms with Gasteiger partial charge in [-0.25, -0.2) is 0 Å². The molecule has 2 N–H and O–H groups in total. The number of benzene rings is 1. The fourth-order valence-corrected chi connectivity index (χ4v) is 2.71. The molecule has 0 aliphatic heterocycles. The van der Waals surface area contributed by atoms with Crippen molar-refractivity contribution < 1.29 is 4.79 Å². The molecule has 3 nitrogen and oxygen atoms in total. The van der Waals surface area contributed by atoms with E-state index in [2.05, 4.69) is 26.6 Å².